The number of carbonyl (C=O) groups excluding carboxylic acids is 1. The van der Waals surface area contributed by atoms with Crippen LogP contribution in [0.15, 0.2) is 0 Å². The molecule has 1 unspecified atom stereocenters. The summed E-state index contributed by atoms with van der Waals surface area (Å²) in [6.07, 6.45) is 0.516. The van der Waals surface area contributed by atoms with Crippen LogP contribution in [-0.2, 0) is 4.79 Å². The molecule has 0 aliphatic carbocycles. The maximum absolute atomic E-state index is 12.3. The summed E-state index contributed by atoms with van der Waals surface area (Å²) in [5, 5.41) is 0. The van der Waals surface area contributed by atoms with Crippen LogP contribution in [0.4, 0.5) is 4.39 Å². The Morgan fingerprint density at radius 1 is 1.67 bits per heavy atom. The normalized spacial score (nSPS) is 13.2. The fourth-order valence-electron chi connectivity index (χ4n) is 0.564. The third-order valence-electron chi connectivity index (χ3n) is 1.25. The summed E-state index contributed by atoms with van der Waals surface area (Å²) in [4.78, 5) is 10.3. The van der Waals surface area contributed by atoms with Gasteiger partial charge in [0.25, 0.3) is 0 Å². The molecule has 2 heteroatoms. The van der Waals surface area contributed by atoms with Gasteiger partial charge in [0.15, 0.2) is 0 Å². The zero-order chi connectivity index (χ0) is 7.28. The van der Waals surface area contributed by atoms with Crippen LogP contribution in [0.25, 0.3) is 0 Å². The lowest BCUT2D eigenvalue weighted by atomic mass is 10.1. The molecule has 0 heterocycles. The monoisotopic (exact) mass is 132 g/mol. The van der Waals surface area contributed by atoms with Crippen LogP contribution in [-0.4, -0.2) is 12.0 Å². The first kappa shape index (κ1) is 8.60. The molecule has 54 valence electrons. The Balaban J connectivity index is 3.16. The van der Waals surface area contributed by atoms with Crippen LogP contribution in [0.5, 0.6) is 0 Å². The summed E-state index contributed by atoms with van der Waals surface area (Å²) in [6, 6.07) is 0. The molecular weight excluding hydrogens is 119 g/mol. The van der Waals surface area contributed by atoms with E-state index in [1.54, 1.807) is 6.92 Å². The molecule has 0 aromatic rings. The molecular formula is C7H13FO. The molecule has 0 radical (unpaired) electrons. The van der Waals surface area contributed by atoms with E-state index in [9.17, 15) is 9.18 Å². The minimum atomic E-state index is -0.783. The van der Waals surface area contributed by atoms with Crippen LogP contribution >= 0.6 is 0 Å². The average molecular weight is 132 g/mol. The van der Waals surface area contributed by atoms with E-state index in [1.807, 2.05) is 0 Å². The molecule has 0 aliphatic rings. The highest BCUT2D eigenvalue weighted by atomic mass is 19.1. The van der Waals surface area contributed by atoms with E-state index in [4.69, 9.17) is 0 Å². The number of carbonyl (C=O) groups is 1. The highest BCUT2D eigenvalue weighted by Crippen LogP contribution is 2.05. The number of hydrogen-bond acceptors (Lipinski definition) is 1. The van der Waals surface area contributed by atoms with Crippen molar-refractivity contribution in [1.29, 1.82) is 0 Å². The Labute approximate surface area is 55.3 Å². The third-order valence-corrected chi connectivity index (χ3v) is 1.25. The van der Waals surface area contributed by atoms with Gasteiger partial charge in [-0.05, 0) is 19.8 Å². The van der Waals surface area contributed by atoms with Gasteiger partial charge in [0.05, 0.1) is 0 Å². The Hall–Kier alpha value is -0.400. The molecule has 0 bridgehead atoms. The molecule has 0 aromatic heterocycles. The van der Waals surface area contributed by atoms with E-state index in [2.05, 4.69) is 0 Å². The number of ketones is 1. The van der Waals surface area contributed by atoms with Crippen molar-refractivity contribution in [2.24, 2.45) is 0 Å². The number of halogens is 1. The van der Waals surface area contributed by atoms with E-state index >= 15 is 0 Å². The van der Waals surface area contributed by atoms with E-state index in [1.165, 1.54) is 6.92 Å². The van der Waals surface area contributed by atoms with Crippen molar-refractivity contribution in [3.63, 3.8) is 0 Å². The summed E-state index contributed by atoms with van der Waals surface area (Å²) in [6.45, 7) is 3.27. The van der Waals surface area contributed by atoms with Crippen LogP contribution < -0.4 is 0 Å². The van der Waals surface area contributed by atoms with E-state index in [0.29, 0.717) is 19.3 Å². The molecule has 9 heavy (non-hydrogen) atoms. The third kappa shape index (κ3) is 5.47. The molecule has 1 nitrogen and oxygen atoms in total. The zero-order valence-corrected chi connectivity index (χ0v) is 5.98. The van der Waals surface area contributed by atoms with Crippen molar-refractivity contribution >= 4 is 5.78 Å². The van der Waals surface area contributed by atoms with Crippen molar-refractivity contribution in [3.8, 4) is 0 Å². The van der Waals surface area contributed by atoms with Gasteiger partial charge in [-0.2, -0.15) is 0 Å². The zero-order valence-electron chi connectivity index (χ0n) is 5.98. The fourth-order valence-corrected chi connectivity index (χ4v) is 0.564. The summed E-state index contributed by atoms with van der Waals surface area (Å²) in [7, 11) is 0. The standard InChI is InChI=1S/C7H13FO/c1-3-7(8)5-4-6(2)9/h7H,3-5H2,1-2H3. The van der Waals surface area contributed by atoms with Crippen LogP contribution in [0, 0.1) is 0 Å². The second-order valence-corrected chi connectivity index (χ2v) is 2.25. The van der Waals surface area contributed by atoms with E-state index < -0.39 is 6.17 Å². The van der Waals surface area contributed by atoms with Gasteiger partial charge in [-0.1, -0.05) is 6.92 Å². The lowest BCUT2D eigenvalue weighted by Crippen LogP contribution is -2.00. The number of rotatable bonds is 4. The average Bonchev–Trinajstić information content (AvgIpc) is 1.83. The minimum absolute atomic E-state index is 0.0751. The van der Waals surface area contributed by atoms with Crippen molar-refractivity contribution in [1.82, 2.24) is 0 Å². The first-order chi connectivity index (χ1) is 4.16. The predicted octanol–water partition coefficient (Wildman–Crippen LogP) is 2.10. The van der Waals surface area contributed by atoms with Gasteiger partial charge in [-0.25, -0.2) is 4.39 Å². The topological polar surface area (TPSA) is 17.1 Å². The fraction of sp³-hybridized carbons (Fsp3) is 0.857. The van der Waals surface area contributed by atoms with Crippen molar-refractivity contribution < 1.29 is 9.18 Å². The molecule has 0 saturated heterocycles. The lowest BCUT2D eigenvalue weighted by Gasteiger charge is -2.00. The van der Waals surface area contributed by atoms with E-state index in [-0.39, 0.29) is 5.78 Å². The highest BCUT2D eigenvalue weighted by molar-refractivity contribution is 5.75. The smallest absolute Gasteiger partial charge is 0.129 e. The van der Waals surface area contributed by atoms with Gasteiger partial charge >= 0.3 is 0 Å². The molecule has 0 saturated carbocycles. The SMILES string of the molecule is CCC(F)CCC(C)=O. The van der Waals surface area contributed by atoms with Gasteiger partial charge in [-0.3, -0.25) is 0 Å². The Morgan fingerprint density at radius 3 is 2.56 bits per heavy atom. The van der Waals surface area contributed by atoms with Crippen molar-refractivity contribution in [3.05, 3.63) is 0 Å². The van der Waals surface area contributed by atoms with Crippen LogP contribution in [0.3, 0.4) is 0 Å². The second-order valence-electron chi connectivity index (χ2n) is 2.25. The van der Waals surface area contributed by atoms with E-state index in [0.717, 1.165) is 0 Å². The molecule has 0 aromatic carbocycles. The second kappa shape index (κ2) is 4.48. The molecule has 0 spiro atoms. The quantitative estimate of drug-likeness (QED) is 0.572. The van der Waals surface area contributed by atoms with Gasteiger partial charge in [0.2, 0.25) is 0 Å². The van der Waals surface area contributed by atoms with Crippen LogP contribution in [0.1, 0.15) is 33.1 Å². The summed E-state index contributed by atoms with van der Waals surface area (Å²) in [5.74, 6) is 0.0751. The lowest BCUT2D eigenvalue weighted by molar-refractivity contribution is -0.117. The van der Waals surface area contributed by atoms with Crippen molar-refractivity contribution in [2.45, 2.75) is 39.3 Å². The van der Waals surface area contributed by atoms with Gasteiger partial charge in [-0.15, -0.1) is 0 Å². The molecule has 0 rings (SSSR count). The molecule has 0 aliphatic heterocycles. The summed E-state index contributed by atoms with van der Waals surface area (Å²) >= 11 is 0. The van der Waals surface area contributed by atoms with Crippen LogP contribution in [0.2, 0.25) is 0 Å². The first-order valence-corrected chi connectivity index (χ1v) is 3.30. The highest BCUT2D eigenvalue weighted by Gasteiger charge is 2.03. The Kier molecular flexibility index (Phi) is 4.28. The van der Waals surface area contributed by atoms with Crippen molar-refractivity contribution in [2.75, 3.05) is 0 Å². The Bertz CT molecular complexity index is 90.9. The van der Waals surface area contributed by atoms with Gasteiger partial charge in [0, 0.05) is 6.42 Å². The Morgan fingerprint density at radius 2 is 2.22 bits per heavy atom. The molecule has 0 fully saturated rings. The number of hydrogen-bond donors (Lipinski definition) is 0. The summed E-state index contributed by atoms with van der Waals surface area (Å²) in [5.41, 5.74) is 0. The minimum Gasteiger partial charge on any atom is -0.300 e. The maximum Gasteiger partial charge on any atom is 0.129 e. The number of alkyl halides is 1. The first-order valence-electron chi connectivity index (χ1n) is 3.30. The number of Topliss-reactive ketones (excluding diaryl/α,β-unsaturated/α-hetero) is 1. The molecule has 0 N–H and O–H groups in total. The summed E-state index contributed by atoms with van der Waals surface area (Å²) < 4.78 is 12.3. The van der Waals surface area contributed by atoms with Gasteiger partial charge in [0.1, 0.15) is 12.0 Å². The molecule has 0 amide bonds. The largest absolute Gasteiger partial charge is 0.300 e. The predicted molar refractivity (Wildman–Crippen MR) is 35.1 cm³/mol. The molecule has 1 atom stereocenters. The van der Waals surface area contributed by atoms with Gasteiger partial charge < -0.3 is 4.79 Å². The maximum atomic E-state index is 12.3.